The van der Waals surface area contributed by atoms with Gasteiger partial charge in [0.2, 0.25) is 0 Å². The van der Waals surface area contributed by atoms with E-state index in [1.54, 1.807) is 6.92 Å². The molecule has 1 atom stereocenters. The third-order valence-electron chi connectivity index (χ3n) is 2.68. The molecular formula is C12H12O2. The summed E-state index contributed by atoms with van der Waals surface area (Å²) in [6.45, 7) is 1.71. The number of benzene rings is 1. The van der Waals surface area contributed by atoms with Crippen molar-refractivity contribution in [3.8, 4) is 0 Å². The average molecular weight is 188 g/mol. The Kier molecular flexibility index (Phi) is 2.12. The first-order valence-corrected chi connectivity index (χ1v) is 4.70. The Bertz CT molecular complexity index is 405. The number of carboxylic acid groups (broad SMARTS) is 1. The van der Waals surface area contributed by atoms with Crippen LogP contribution >= 0.6 is 0 Å². The molecule has 0 heterocycles. The lowest BCUT2D eigenvalue weighted by molar-refractivity contribution is -0.138. The van der Waals surface area contributed by atoms with Gasteiger partial charge in [-0.15, -0.1) is 0 Å². The molecule has 1 aromatic rings. The smallest absolute Gasteiger partial charge is 0.310 e. The van der Waals surface area contributed by atoms with Crippen molar-refractivity contribution < 1.29 is 9.90 Å². The minimum Gasteiger partial charge on any atom is -0.481 e. The lowest BCUT2D eigenvalue weighted by Gasteiger charge is -2.08. The van der Waals surface area contributed by atoms with E-state index in [-0.39, 0.29) is 0 Å². The van der Waals surface area contributed by atoms with Gasteiger partial charge in [0.1, 0.15) is 0 Å². The van der Waals surface area contributed by atoms with Crippen LogP contribution in [0.15, 0.2) is 24.3 Å². The molecule has 1 aromatic carbocycles. The van der Waals surface area contributed by atoms with Crippen LogP contribution in [-0.4, -0.2) is 11.1 Å². The van der Waals surface area contributed by atoms with E-state index >= 15 is 0 Å². The standard InChI is InChI=1S/C12H12O2/c1-8(12(13)14)10-6-5-9-3-2-4-11(9)7-10/h2,4-8H,3H2,1H3,(H,13,14). The van der Waals surface area contributed by atoms with Crippen LogP contribution in [0.4, 0.5) is 0 Å². The summed E-state index contributed by atoms with van der Waals surface area (Å²) < 4.78 is 0. The summed E-state index contributed by atoms with van der Waals surface area (Å²) >= 11 is 0. The Morgan fingerprint density at radius 1 is 1.50 bits per heavy atom. The van der Waals surface area contributed by atoms with Gasteiger partial charge in [-0.3, -0.25) is 4.79 Å². The van der Waals surface area contributed by atoms with Crippen molar-refractivity contribution in [2.24, 2.45) is 0 Å². The molecule has 0 aromatic heterocycles. The molecule has 1 aliphatic rings. The number of carboxylic acids is 1. The van der Waals surface area contributed by atoms with Gasteiger partial charge < -0.3 is 5.11 Å². The number of hydrogen-bond acceptors (Lipinski definition) is 1. The maximum atomic E-state index is 10.8. The number of allylic oxidation sites excluding steroid dienone is 1. The lowest BCUT2D eigenvalue weighted by atomic mass is 9.97. The Morgan fingerprint density at radius 2 is 2.29 bits per heavy atom. The first-order chi connectivity index (χ1) is 6.68. The van der Waals surface area contributed by atoms with Gasteiger partial charge in [0.15, 0.2) is 0 Å². The highest BCUT2D eigenvalue weighted by Crippen LogP contribution is 2.24. The monoisotopic (exact) mass is 188 g/mol. The molecule has 0 saturated carbocycles. The van der Waals surface area contributed by atoms with Gasteiger partial charge in [-0.25, -0.2) is 0 Å². The number of aliphatic carboxylic acids is 1. The van der Waals surface area contributed by atoms with Crippen molar-refractivity contribution in [2.75, 3.05) is 0 Å². The summed E-state index contributed by atoms with van der Waals surface area (Å²) in [7, 11) is 0. The van der Waals surface area contributed by atoms with Crippen LogP contribution in [-0.2, 0) is 11.2 Å². The second-order valence-corrected chi connectivity index (χ2v) is 3.62. The molecule has 0 bridgehead atoms. The van der Waals surface area contributed by atoms with Crippen LogP contribution < -0.4 is 0 Å². The van der Waals surface area contributed by atoms with Gasteiger partial charge in [-0.2, -0.15) is 0 Å². The lowest BCUT2D eigenvalue weighted by Crippen LogP contribution is -2.07. The second-order valence-electron chi connectivity index (χ2n) is 3.62. The first kappa shape index (κ1) is 9.00. The van der Waals surface area contributed by atoms with Gasteiger partial charge in [-0.05, 0) is 30.0 Å². The Hall–Kier alpha value is -1.57. The van der Waals surface area contributed by atoms with E-state index in [1.807, 2.05) is 24.3 Å². The number of fused-ring (bicyclic) bond motifs is 1. The molecule has 0 saturated heterocycles. The van der Waals surface area contributed by atoms with Crippen molar-refractivity contribution in [3.05, 3.63) is 41.0 Å². The highest BCUT2D eigenvalue weighted by Gasteiger charge is 2.15. The molecule has 0 radical (unpaired) electrons. The second kappa shape index (κ2) is 3.29. The summed E-state index contributed by atoms with van der Waals surface area (Å²) in [5.41, 5.74) is 3.32. The third kappa shape index (κ3) is 1.43. The van der Waals surface area contributed by atoms with E-state index in [2.05, 4.69) is 6.08 Å². The van der Waals surface area contributed by atoms with Crippen molar-refractivity contribution in [1.82, 2.24) is 0 Å². The molecule has 0 spiro atoms. The molecule has 14 heavy (non-hydrogen) atoms. The molecule has 1 aliphatic carbocycles. The summed E-state index contributed by atoms with van der Waals surface area (Å²) in [6, 6.07) is 5.90. The maximum Gasteiger partial charge on any atom is 0.310 e. The average Bonchev–Trinajstić information content (AvgIpc) is 2.62. The molecule has 2 nitrogen and oxygen atoms in total. The molecule has 1 unspecified atom stereocenters. The molecule has 1 N–H and O–H groups in total. The minimum atomic E-state index is -0.771. The van der Waals surface area contributed by atoms with E-state index in [9.17, 15) is 4.79 Å². The largest absolute Gasteiger partial charge is 0.481 e. The van der Waals surface area contributed by atoms with Crippen LogP contribution in [0.1, 0.15) is 29.5 Å². The number of carbonyl (C=O) groups is 1. The summed E-state index contributed by atoms with van der Waals surface area (Å²) in [5.74, 6) is -1.19. The SMILES string of the molecule is CC(C(=O)O)c1ccc2c(c1)C=CC2. The summed E-state index contributed by atoms with van der Waals surface area (Å²) in [6.07, 6.45) is 5.12. The van der Waals surface area contributed by atoms with Crippen molar-refractivity contribution in [1.29, 1.82) is 0 Å². The first-order valence-electron chi connectivity index (χ1n) is 4.70. The molecule has 72 valence electrons. The quantitative estimate of drug-likeness (QED) is 0.774. The van der Waals surface area contributed by atoms with E-state index in [1.165, 1.54) is 5.56 Å². The zero-order chi connectivity index (χ0) is 10.1. The van der Waals surface area contributed by atoms with Crippen LogP contribution in [0.3, 0.4) is 0 Å². The van der Waals surface area contributed by atoms with Gasteiger partial charge in [-0.1, -0.05) is 30.4 Å². The fourth-order valence-corrected chi connectivity index (χ4v) is 1.68. The summed E-state index contributed by atoms with van der Waals surface area (Å²) in [5, 5.41) is 8.87. The molecular weight excluding hydrogens is 176 g/mol. The molecule has 2 heteroatoms. The van der Waals surface area contributed by atoms with E-state index in [0.29, 0.717) is 0 Å². The molecule has 0 fully saturated rings. The minimum absolute atomic E-state index is 0.422. The van der Waals surface area contributed by atoms with Crippen LogP contribution in [0.5, 0.6) is 0 Å². The third-order valence-corrected chi connectivity index (χ3v) is 2.68. The Balaban J connectivity index is 2.37. The molecule has 0 amide bonds. The van der Waals surface area contributed by atoms with Gasteiger partial charge in [0.25, 0.3) is 0 Å². The number of hydrogen-bond donors (Lipinski definition) is 1. The number of rotatable bonds is 2. The topological polar surface area (TPSA) is 37.3 Å². The van der Waals surface area contributed by atoms with Crippen LogP contribution in [0.2, 0.25) is 0 Å². The van der Waals surface area contributed by atoms with Gasteiger partial charge in [0.05, 0.1) is 5.92 Å². The fourth-order valence-electron chi connectivity index (χ4n) is 1.68. The fraction of sp³-hybridized carbons (Fsp3) is 0.250. The Labute approximate surface area is 82.9 Å². The normalized spacial score (nSPS) is 15.2. The van der Waals surface area contributed by atoms with E-state index in [4.69, 9.17) is 5.11 Å². The van der Waals surface area contributed by atoms with Crippen LogP contribution in [0.25, 0.3) is 6.08 Å². The predicted octanol–water partition coefficient (Wildman–Crippen LogP) is 2.44. The highest BCUT2D eigenvalue weighted by atomic mass is 16.4. The molecule has 0 aliphatic heterocycles. The molecule has 2 rings (SSSR count). The zero-order valence-corrected chi connectivity index (χ0v) is 8.03. The van der Waals surface area contributed by atoms with Crippen molar-refractivity contribution in [3.63, 3.8) is 0 Å². The highest BCUT2D eigenvalue weighted by molar-refractivity contribution is 5.76. The van der Waals surface area contributed by atoms with Gasteiger partial charge >= 0.3 is 5.97 Å². The predicted molar refractivity (Wildman–Crippen MR) is 55.2 cm³/mol. The maximum absolute atomic E-state index is 10.8. The van der Waals surface area contributed by atoms with Crippen molar-refractivity contribution in [2.45, 2.75) is 19.3 Å². The van der Waals surface area contributed by atoms with Crippen LogP contribution in [0, 0.1) is 0 Å². The van der Waals surface area contributed by atoms with Gasteiger partial charge in [0, 0.05) is 0 Å². The van der Waals surface area contributed by atoms with Crippen molar-refractivity contribution >= 4 is 12.0 Å². The van der Waals surface area contributed by atoms with E-state index < -0.39 is 11.9 Å². The summed E-state index contributed by atoms with van der Waals surface area (Å²) in [4.78, 5) is 10.8. The Morgan fingerprint density at radius 3 is 3.00 bits per heavy atom. The zero-order valence-electron chi connectivity index (χ0n) is 8.03. The van der Waals surface area contributed by atoms with E-state index in [0.717, 1.165) is 17.5 Å².